The minimum Gasteiger partial charge on any atom is -0.328 e. The van der Waals surface area contributed by atoms with Crippen LogP contribution in [0.2, 0.25) is 5.02 Å². The van der Waals surface area contributed by atoms with Crippen molar-refractivity contribution in [3.05, 3.63) is 58.9 Å². The Balaban J connectivity index is 1.46. The van der Waals surface area contributed by atoms with Crippen molar-refractivity contribution in [1.29, 1.82) is 0 Å². The number of hydrogen-bond acceptors (Lipinski definition) is 5. The molecule has 4 rings (SSSR count). The topological polar surface area (TPSA) is 97.6 Å². The molecule has 8 nitrogen and oxygen atoms in total. The van der Waals surface area contributed by atoms with Crippen LogP contribution in [0, 0.1) is 6.92 Å². The molecule has 2 amide bonds. The van der Waals surface area contributed by atoms with Crippen molar-refractivity contribution in [3.63, 3.8) is 0 Å². The molecule has 28 heavy (non-hydrogen) atoms. The fraction of sp³-hybridized carbons (Fsp3) is 0.316. The van der Waals surface area contributed by atoms with Gasteiger partial charge in [-0.05, 0) is 61.9 Å². The number of hydrogen-bond donors (Lipinski definition) is 2. The SMILES string of the molecule is Cc1cc(NC(=O)N[C@@H](C)c2ncnn2-c2ncccn2)c(Cl)cc1C1CC1. The van der Waals surface area contributed by atoms with E-state index in [1.54, 1.807) is 18.5 Å². The Morgan fingerprint density at radius 1 is 1.25 bits per heavy atom. The van der Waals surface area contributed by atoms with E-state index in [0.29, 0.717) is 28.4 Å². The molecule has 3 aromatic rings. The average molecular weight is 398 g/mol. The Hall–Kier alpha value is -3.00. The van der Waals surface area contributed by atoms with Gasteiger partial charge < -0.3 is 10.6 Å². The fourth-order valence-corrected chi connectivity index (χ4v) is 3.37. The Kier molecular flexibility index (Phi) is 4.95. The van der Waals surface area contributed by atoms with Crippen LogP contribution in [0.3, 0.4) is 0 Å². The van der Waals surface area contributed by atoms with Crippen LogP contribution in [0.1, 0.15) is 48.7 Å². The van der Waals surface area contributed by atoms with Gasteiger partial charge in [0.2, 0.25) is 0 Å². The lowest BCUT2D eigenvalue weighted by molar-refractivity contribution is 0.248. The molecular weight excluding hydrogens is 378 g/mol. The molecule has 1 aliphatic carbocycles. The van der Waals surface area contributed by atoms with Crippen molar-refractivity contribution in [2.24, 2.45) is 0 Å². The van der Waals surface area contributed by atoms with Crippen molar-refractivity contribution in [2.75, 3.05) is 5.32 Å². The van der Waals surface area contributed by atoms with Crippen LogP contribution in [0.4, 0.5) is 10.5 Å². The highest BCUT2D eigenvalue weighted by Crippen LogP contribution is 2.43. The fourth-order valence-electron chi connectivity index (χ4n) is 3.15. The zero-order valence-electron chi connectivity index (χ0n) is 15.6. The van der Waals surface area contributed by atoms with E-state index < -0.39 is 6.04 Å². The van der Waals surface area contributed by atoms with Crippen molar-refractivity contribution in [2.45, 2.75) is 38.6 Å². The molecule has 144 valence electrons. The predicted octanol–water partition coefficient (Wildman–Crippen LogP) is 3.78. The number of urea groups is 1. The minimum atomic E-state index is -0.420. The summed E-state index contributed by atoms with van der Waals surface area (Å²) in [5, 5.41) is 10.4. The number of aromatic nitrogens is 5. The molecule has 0 aliphatic heterocycles. The van der Waals surface area contributed by atoms with Gasteiger partial charge in [0, 0.05) is 12.4 Å². The summed E-state index contributed by atoms with van der Waals surface area (Å²) in [6.07, 6.45) is 7.04. The molecule has 0 unspecified atom stereocenters. The van der Waals surface area contributed by atoms with Crippen LogP contribution in [0.15, 0.2) is 36.9 Å². The van der Waals surface area contributed by atoms with Crippen molar-refractivity contribution in [3.8, 4) is 5.95 Å². The molecule has 1 aromatic carbocycles. The smallest absolute Gasteiger partial charge is 0.319 e. The third-order valence-electron chi connectivity index (χ3n) is 4.67. The first-order chi connectivity index (χ1) is 13.5. The lowest BCUT2D eigenvalue weighted by Gasteiger charge is -2.16. The molecule has 0 bridgehead atoms. The van der Waals surface area contributed by atoms with Gasteiger partial charge in [-0.1, -0.05) is 11.6 Å². The van der Waals surface area contributed by atoms with Gasteiger partial charge in [-0.3, -0.25) is 0 Å². The second-order valence-electron chi connectivity index (χ2n) is 6.86. The van der Waals surface area contributed by atoms with Crippen molar-refractivity contribution in [1.82, 2.24) is 30.0 Å². The number of halogens is 1. The number of nitrogens with zero attached hydrogens (tertiary/aromatic N) is 5. The first-order valence-electron chi connectivity index (χ1n) is 9.08. The number of rotatable bonds is 5. The van der Waals surface area contributed by atoms with E-state index in [1.165, 1.54) is 29.4 Å². The lowest BCUT2D eigenvalue weighted by Crippen LogP contribution is -2.32. The number of carbonyl (C=O) groups is 1. The Labute approximate surface area is 167 Å². The van der Waals surface area contributed by atoms with E-state index in [-0.39, 0.29) is 6.03 Å². The first-order valence-corrected chi connectivity index (χ1v) is 9.45. The van der Waals surface area contributed by atoms with Gasteiger partial charge in [-0.2, -0.15) is 9.78 Å². The number of anilines is 1. The summed E-state index contributed by atoms with van der Waals surface area (Å²) < 4.78 is 1.49. The highest BCUT2D eigenvalue weighted by molar-refractivity contribution is 6.33. The largest absolute Gasteiger partial charge is 0.328 e. The van der Waals surface area contributed by atoms with Crippen molar-refractivity contribution < 1.29 is 4.79 Å². The quantitative estimate of drug-likeness (QED) is 0.682. The number of benzene rings is 1. The van der Waals surface area contributed by atoms with Crippen LogP contribution in [0.5, 0.6) is 0 Å². The molecule has 9 heteroatoms. The summed E-state index contributed by atoms with van der Waals surface area (Å²) in [6, 6.07) is 4.79. The maximum absolute atomic E-state index is 12.5. The van der Waals surface area contributed by atoms with Crippen molar-refractivity contribution >= 4 is 23.3 Å². The summed E-state index contributed by atoms with van der Waals surface area (Å²) >= 11 is 6.37. The van der Waals surface area contributed by atoms with Crippen LogP contribution >= 0.6 is 11.6 Å². The summed E-state index contributed by atoms with van der Waals surface area (Å²) in [5.74, 6) is 1.51. The molecule has 2 heterocycles. The van der Waals surface area contributed by atoms with Gasteiger partial charge in [0.25, 0.3) is 5.95 Å². The summed E-state index contributed by atoms with van der Waals surface area (Å²) in [4.78, 5) is 25.0. The normalized spacial score (nSPS) is 14.5. The summed E-state index contributed by atoms with van der Waals surface area (Å²) in [7, 11) is 0. The molecule has 2 aromatic heterocycles. The van der Waals surface area contributed by atoms with E-state index in [4.69, 9.17) is 11.6 Å². The Morgan fingerprint density at radius 3 is 2.71 bits per heavy atom. The molecule has 0 saturated heterocycles. The molecule has 0 spiro atoms. The Morgan fingerprint density at radius 2 is 2.00 bits per heavy atom. The number of nitrogens with one attached hydrogen (secondary N) is 2. The predicted molar refractivity (Wildman–Crippen MR) is 106 cm³/mol. The van der Waals surface area contributed by atoms with Gasteiger partial charge in [-0.15, -0.1) is 0 Å². The monoisotopic (exact) mass is 397 g/mol. The van der Waals surface area contributed by atoms with Gasteiger partial charge in [0.15, 0.2) is 5.82 Å². The second-order valence-corrected chi connectivity index (χ2v) is 7.27. The third kappa shape index (κ3) is 3.82. The third-order valence-corrected chi connectivity index (χ3v) is 4.98. The van der Waals surface area contributed by atoms with Crippen LogP contribution in [-0.4, -0.2) is 30.8 Å². The minimum absolute atomic E-state index is 0.378. The Bertz CT molecular complexity index is 1000. The van der Waals surface area contributed by atoms with Crippen LogP contribution in [-0.2, 0) is 0 Å². The van der Waals surface area contributed by atoms with E-state index in [0.717, 1.165) is 5.56 Å². The molecule has 1 fully saturated rings. The van der Waals surface area contributed by atoms with E-state index >= 15 is 0 Å². The standard InChI is InChI=1S/C19H20ClN7O/c1-11-8-16(15(20)9-14(11)13-4-5-13)26-19(28)25-12(2)17-23-10-24-27(17)18-21-6-3-7-22-18/h3,6-10,12-13H,4-5H2,1-2H3,(H2,25,26,28)/t12-/m0/s1. The van der Waals surface area contributed by atoms with Gasteiger partial charge in [0.1, 0.15) is 6.33 Å². The van der Waals surface area contributed by atoms with Gasteiger partial charge in [0.05, 0.1) is 16.8 Å². The summed E-state index contributed by atoms with van der Waals surface area (Å²) in [5.41, 5.74) is 2.98. The molecular formula is C19H20ClN7O. The number of carbonyl (C=O) groups excluding carboxylic acids is 1. The van der Waals surface area contributed by atoms with Gasteiger partial charge in [-0.25, -0.2) is 19.7 Å². The second kappa shape index (κ2) is 7.55. The first kappa shape index (κ1) is 18.4. The molecule has 1 aliphatic rings. The average Bonchev–Trinajstić information content (AvgIpc) is 3.40. The van der Waals surface area contributed by atoms with E-state index in [2.05, 4.69) is 30.7 Å². The van der Waals surface area contributed by atoms with Crippen LogP contribution in [0.25, 0.3) is 5.95 Å². The lowest BCUT2D eigenvalue weighted by atomic mass is 10.0. The summed E-state index contributed by atoms with van der Waals surface area (Å²) in [6.45, 7) is 3.85. The van der Waals surface area contributed by atoms with Gasteiger partial charge >= 0.3 is 6.03 Å². The maximum atomic E-state index is 12.5. The van der Waals surface area contributed by atoms with E-state index in [1.807, 2.05) is 26.0 Å². The number of amides is 2. The maximum Gasteiger partial charge on any atom is 0.319 e. The molecule has 0 radical (unpaired) electrons. The highest BCUT2D eigenvalue weighted by atomic mass is 35.5. The number of aryl methyl sites for hydroxylation is 1. The zero-order chi connectivity index (χ0) is 19.7. The highest BCUT2D eigenvalue weighted by Gasteiger charge is 2.26. The molecule has 1 saturated carbocycles. The van der Waals surface area contributed by atoms with E-state index in [9.17, 15) is 4.79 Å². The van der Waals surface area contributed by atoms with Crippen LogP contribution < -0.4 is 10.6 Å². The molecule has 2 N–H and O–H groups in total. The molecule has 1 atom stereocenters. The zero-order valence-corrected chi connectivity index (χ0v) is 16.3.